The first-order valence-electron chi connectivity index (χ1n) is 5.51. The van der Waals surface area contributed by atoms with Crippen LogP contribution in [0.2, 0.25) is 18.1 Å². The van der Waals surface area contributed by atoms with Crippen LogP contribution in [0.5, 0.6) is 0 Å². The van der Waals surface area contributed by atoms with E-state index in [0.29, 0.717) is 6.42 Å². The number of alkyl halides is 1. The van der Waals surface area contributed by atoms with Gasteiger partial charge in [-0.05, 0) is 24.6 Å². The van der Waals surface area contributed by atoms with Crippen molar-refractivity contribution in [1.29, 1.82) is 0 Å². The van der Waals surface area contributed by atoms with Crippen molar-refractivity contribution in [3.8, 4) is 0 Å². The van der Waals surface area contributed by atoms with Crippen LogP contribution in [-0.4, -0.2) is 29.9 Å². The monoisotopic (exact) mass is 344 g/mol. The predicted octanol–water partition coefficient (Wildman–Crippen LogP) is 3.29. The number of aliphatic carboxylic acids is 1. The number of rotatable bonds is 8. The smallest absolute Gasteiger partial charge is 0.331 e. The molecule has 0 aliphatic rings. The van der Waals surface area contributed by atoms with Crippen molar-refractivity contribution < 1.29 is 14.3 Å². The van der Waals surface area contributed by atoms with E-state index in [1.165, 1.54) is 0 Å². The van der Waals surface area contributed by atoms with Crippen LogP contribution in [0.25, 0.3) is 0 Å². The predicted molar refractivity (Wildman–Crippen MR) is 73.2 cm³/mol. The van der Waals surface area contributed by atoms with E-state index < -0.39 is 20.4 Å². The van der Waals surface area contributed by atoms with Crippen molar-refractivity contribution in [2.24, 2.45) is 0 Å². The van der Waals surface area contributed by atoms with Gasteiger partial charge in [0.2, 0.25) is 0 Å². The molecule has 0 saturated heterocycles. The summed E-state index contributed by atoms with van der Waals surface area (Å²) < 4.78 is 6.75. The number of carboxylic acid groups (broad SMARTS) is 1. The Kier molecular flexibility index (Phi) is 7.81. The van der Waals surface area contributed by atoms with Gasteiger partial charge >= 0.3 is 5.97 Å². The van der Waals surface area contributed by atoms with E-state index in [1.54, 1.807) is 0 Å². The highest BCUT2D eigenvalue weighted by atomic mass is 127. The van der Waals surface area contributed by atoms with Crippen molar-refractivity contribution in [2.45, 2.75) is 51.4 Å². The molecule has 3 nitrogen and oxygen atoms in total. The normalized spacial score (nSPS) is 13.9. The summed E-state index contributed by atoms with van der Waals surface area (Å²) >= 11 is 2.20. The highest BCUT2D eigenvalue weighted by Gasteiger charge is 2.34. The third-order valence-corrected chi connectivity index (χ3v) is 8.25. The van der Waals surface area contributed by atoms with E-state index in [0.717, 1.165) is 22.6 Å². The molecule has 90 valence electrons. The van der Waals surface area contributed by atoms with Crippen molar-refractivity contribution in [3.63, 3.8) is 0 Å². The van der Waals surface area contributed by atoms with Crippen molar-refractivity contribution in [3.05, 3.63) is 0 Å². The first-order chi connectivity index (χ1) is 7.05. The second kappa shape index (κ2) is 7.62. The fourth-order valence-corrected chi connectivity index (χ4v) is 5.02. The summed E-state index contributed by atoms with van der Waals surface area (Å²) in [6.45, 7) is 6.34. The number of halogens is 1. The number of hydrogen-bond acceptors (Lipinski definition) is 2. The van der Waals surface area contributed by atoms with Gasteiger partial charge in [0.15, 0.2) is 8.32 Å². The minimum absolute atomic E-state index is 0.589. The number of hydrogen-bond donors (Lipinski definition) is 1. The second-order valence-electron chi connectivity index (χ2n) is 3.67. The van der Waals surface area contributed by atoms with Gasteiger partial charge in [-0.2, -0.15) is 0 Å². The Morgan fingerprint density at radius 2 is 1.80 bits per heavy atom. The molecule has 1 unspecified atom stereocenters. The van der Waals surface area contributed by atoms with Gasteiger partial charge in [-0.15, -0.1) is 0 Å². The van der Waals surface area contributed by atoms with Crippen LogP contribution in [0.3, 0.4) is 0 Å². The van der Waals surface area contributed by atoms with Gasteiger partial charge in [0.25, 0.3) is 0 Å². The fourth-order valence-electron chi connectivity index (χ4n) is 1.63. The Morgan fingerprint density at radius 1 is 1.33 bits per heavy atom. The number of carboxylic acids is 1. The zero-order chi connectivity index (χ0) is 11.9. The maximum Gasteiger partial charge on any atom is 0.331 e. The van der Waals surface area contributed by atoms with Gasteiger partial charge in [-0.3, -0.25) is 0 Å². The van der Waals surface area contributed by atoms with Crippen LogP contribution >= 0.6 is 22.6 Å². The van der Waals surface area contributed by atoms with E-state index in [9.17, 15) is 4.79 Å². The molecular weight excluding hydrogens is 323 g/mol. The average molecular weight is 344 g/mol. The summed E-state index contributed by atoms with van der Waals surface area (Å²) in [7, 11) is -1.76. The summed E-state index contributed by atoms with van der Waals surface area (Å²) in [5, 5.41) is 9.05. The number of carbonyl (C=O) groups is 1. The molecule has 0 saturated carbocycles. The molecule has 0 radical (unpaired) electrons. The minimum atomic E-state index is -1.76. The summed E-state index contributed by atoms with van der Waals surface area (Å²) in [6, 6.07) is 3.01. The lowest BCUT2D eigenvalue weighted by molar-refractivity contribution is -0.145. The van der Waals surface area contributed by atoms with Crippen LogP contribution in [0.4, 0.5) is 0 Å². The lowest BCUT2D eigenvalue weighted by Crippen LogP contribution is -2.42. The molecule has 1 atom stereocenters. The zero-order valence-corrected chi connectivity index (χ0v) is 12.9. The minimum Gasteiger partial charge on any atom is -0.479 e. The molecule has 5 heteroatoms. The summed E-state index contributed by atoms with van der Waals surface area (Å²) in [5.74, 6) is -0.807. The lowest BCUT2D eigenvalue weighted by Gasteiger charge is -2.31. The molecule has 0 fully saturated rings. The molecule has 0 amide bonds. The van der Waals surface area contributed by atoms with Gasteiger partial charge < -0.3 is 9.53 Å². The molecule has 0 aromatic carbocycles. The van der Waals surface area contributed by atoms with Crippen LogP contribution in [-0.2, 0) is 9.22 Å². The largest absolute Gasteiger partial charge is 0.479 e. The molecular formula is C10H21IO3Si. The molecule has 0 aliphatic heterocycles. The Balaban J connectivity index is 4.52. The highest BCUT2D eigenvalue weighted by Crippen LogP contribution is 2.24. The SMILES string of the molecule is CC[Si](CC)(CC)OC(CCI)C(=O)O. The molecule has 15 heavy (non-hydrogen) atoms. The average Bonchev–Trinajstić information content (AvgIpc) is 2.24. The van der Waals surface area contributed by atoms with Crippen LogP contribution in [0.1, 0.15) is 27.2 Å². The van der Waals surface area contributed by atoms with E-state index >= 15 is 0 Å². The summed E-state index contributed by atoms with van der Waals surface area (Å²) in [5.41, 5.74) is 0. The van der Waals surface area contributed by atoms with Gasteiger partial charge in [0.1, 0.15) is 6.10 Å². The molecule has 0 aromatic heterocycles. The lowest BCUT2D eigenvalue weighted by atomic mass is 10.3. The van der Waals surface area contributed by atoms with Crippen molar-refractivity contribution in [1.82, 2.24) is 0 Å². The molecule has 0 aliphatic carbocycles. The van der Waals surface area contributed by atoms with E-state index in [4.69, 9.17) is 9.53 Å². The van der Waals surface area contributed by atoms with Gasteiger partial charge in [0.05, 0.1) is 0 Å². The standard InChI is InChI=1S/C10H21IO3Si/c1-4-15(5-2,6-3)14-9(7-8-11)10(12)13/h9H,4-8H2,1-3H3,(H,12,13). The van der Waals surface area contributed by atoms with Gasteiger partial charge in [-0.25, -0.2) is 4.79 Å². The topological polar surface area (TPSA) is 46.5 Å². The maximum atomic E-state index is 11.0. The molecule has 1 N–H and O–H groups in total. The van der Waals surface area contributed by atoms with Gasteiger partial charge in [0, 0.05) is 4.43 Å². The van der Waals surface area contributed by atoms with E-state index in [2.05, 4.69) is 43.4 Å². The summed E-state index contributed by atoms with van der Waals surface area (Å²) in [6.07, 6.45) is 0.0263. The second-order valence-corrected chi connectivity index (χ2v) is 9.47. The molecule has 0 bridgehead atoms. The molecule has 0 heterocycles. The third-order valence-electron chi connectivity index (χ3n) is 2.97. The Bertz CT molecular complexity index is 187. The highest BCUT2D eigenvalue weighted by molar-refractivity contribution is 14.1. The quantitative estimate of drug-likeness (QED) is 0.418. The maximum absolute atomic E-state index is 11.0. The van der Waals surface area contributed by atoms with E-state index in [1.807, 2.05) is 0 Å². The summed E-state index contributed by atoms with van der Waals surface area (Å²) in [4.78, 5) is 11.0. The Morgan fingerprint density at radius 3 is 2.07 bits per heavy atom. The van der Waals surface area contributed by atoms with Crippen LogP contribution < -0.4 is 0 Å². The first-order valence-corrected chi connectivity index (χ1v) is 9.57. The molecule has 0 aromatic rings. The van der Waals surface area contributed by atoms with Crippen LogP contribution in [0.15, 0.2) is 0 Å². The third kappa shape index (κ3) is 4.82. The molecule has 0 rings (SSSR count). The van der Waals surface area contributed by atoms with Crippen molar-refractivity contribution in [2.75, 3.05) is 4.43 Å². The fraction of sp³-hybridized carbons (Fsp3) is 0.900. The molecule has 0 spiro atoms. The Hall–Kier alpha value is 0.377. The zero-order valence-electron chi connectivity index (χ0n) is 9.75. The van der Waals surface area contributed by atoms with Crippen molar-refractivity contribution >= 4 is 36.9 Å². The first kappa shape index (κ1) is 15.4. The van der Waals surface area contributed by atoms with Gasteiger partial charge in [-0.1, -0.05) is 43.4 Å². The Labute approximate surface area is 107 Å². The van der Waals surface area contributed by atoms with E-state index in [-0.39, 0.29) is 0 Å². The van der Waals surface area contributed by atoms with Crippen LogP contribution in [0, 0.1) is 0 Å².